The van der Waals surface area contributed by atoms with Gasteiger partial charge in [0.1, 0.15) is 11.4 Å². The van der Waals surface area contributed by atoms with Gasteiger partial charge in [-0.15, -0.1) is 0 Å². The number of benzene rings is 2. The number of aromatic nitrogens is 2. The van der Waals surface area contributed by atoms with Gasteiger partial charge in [-0.25, -0.2) is 13.6 Å². The van der Waals surface area contributed by atoms with E-state index >= 15 is 4.39 Å². The molecule has 9 heteroatoms. The van der Waals surface area contributed by atoms with Gasteiger partial charge in [-0.3, -0.25) is 9.48 Å². The van der Waals surface area contributed by atoms with E-state index in [2.05, 4.69) is 5.10 Å². The van der Waals surface area contributed by atoms with Crippen LogP contribution < -0.4 is 0 Å². The number of aryl methyl sites for hydroxylation is 1. The number of alkyl halides is 1. The number of carbonyl (C=O) groups is 2. The Morgan fingerprint density at radius 1 is 1.18 bits per heavy atom. The molecule has 2 amide bonds. The molecule has 1 fully saturated rings. The van der Waals surface area contributed by atoms with E-state index < -0.39 is 23.2 Å². The molecule has 0 bridgehead atoms. The van der Waals surface area contributed by atoms with Crippen molar-refractivity contribution in [2.75, 3.05) is 19.6 Å². The quantitative estimate of drug-likeness (QED) is 0.406. The Morgan fingerprint density at radius 3 is 2.53 bits per heavy atom. The largest absolute Gasteiger partial charge is 0.444 e. The van der Waals surface area contributed by atoms with Crippen LogP contribution in [-0.2, 0) is 17.5 Å². The Hall–Kier alpha value is -3.49. The number of fused-ring (bicyclic) bond motifs is 1. The molecule has 0 N–H and O–H groups in total. The Balaban J connectivity index is 1.83. The lowest BCUT2D eigenvalue weighted by molar-refractivity contribution is 0.0257. The van der Waals surface area contributed by atoms with Crippen LogP contribution in [0, 0.1) is 5.82 Å². The summed E-state index contributed by atoms with van der Waals surface area (Å²) in [5.41, 5.74) is -0.188. The third kappa shape index (κ3) is 5.24. The molecule has 4 rings (SSSR count). The summed E-state index contributed by atoms with van der Waals surface area (Å²) < 4.78 is 38.1. The Labute approximate surface area is 222 Å². The van der Waals surface area contributed by atoms with Crippen LogP contribution in [0.25, 0.3) is 22.0 Å². The first kappa shape index (κ1) is 27.5. The minimum Gasteiger partial charge on any atom is -0.444 e. The van der Waals surface area contributed by atoms with Crippen LogP contribution in [0.5, 0.6) is 0 Å². The number of amides is 2. The molecule has 0 aliphatic carbocycles. The lowest BCUT2D eigenvalue weighted by atomic mass is 9.88. The van der Waals surface area contributed by atoms with Gasteiger partial charge < -0.3 is 14.5 Å². The van der Waals surface area contributed by atoms with E-state index in [0.717, 1.165) is 5.39 Å². The minimum atomic E-state index is -1.83. The van der Waals surface area contributed by atoms with E-state index in [1.54, 1.807) is 61.8 Å². The number of rotatable bonds is 5. The van der Waals surface area contributed by atoms with E-state index in [1.807, 2.05) is 20.8 Å². The number of likely N-dealkylation sites (tertiary alicyclic amines) is 1. The zero-order valence-electron chi connectivity index (χ0n) is 23.1. The second-order valence-corrected chi connectivity index (χ2v) is 11.2. The maximum Gasteiger partial charge on any atom is 0.410 e. The molecule has 1 unspecified atom stereocenters. The molecule has 0 saturated carbocycles. The first-order valence-corrected chi connectivity index (χ1v) is 13.0. The number of halogens is 2. The van der Waals surface area contributed by atoms with Gasteiger partial charge in [0.15, 0.2) is 5.67 Å². The first-order chi connectivity index (χ1) is 17.7. The second-order valence-electron chi connectivity index (χ2n) is 11.2. The predicted molar refractivity (Wildman–Crippen MR) is 143 cm³/mol. The molecule has 2 aromatic carbocycles. The molecular formula is C29H36F2N4O3. The summed E-state index contributed by atoms with van der Waals surface area (Å²) in [6.45, 7) is 11.5. The topological polar surface area (TPSA) is 67.7 Å². The SMILES string of the molecule is CCN(C(=O)c1cc(F)ccc1-c1cc(C2(F)CCN(C(=O)OC(C)(C)C)C2)cc2c1cnn2C)C(C)C. The zero-order chi connectivity index (χ0) is 28.0. The van der Waals surface area contributed by atoms with Crippen LogP contribution in [0.2, 0.25) is 0 Å². The van der Waals surface area contributed by atoms with Crippen molar-refractivity contribution in [3.05, 3.63) is 53.5 Å². The molecule has 1 saturated heterocycles. The van der Waals surface area contributed by atoms with Gasteiger partial charge in [-0.1, -0.05) is 6.07 Å². The number of nitrogens with zero attached hydrogens (tertiary/aromatic N) is 4. The van der Waals surface area contributed by atoms with Crippen molar-refractivity contribution in [2.24, 2.45) is 7.05 Å². The molecule has 1 aliphatic rings. The van der Waals surface area contributed by atoms with Crippen LogP contribution in [0.15, 0.2) is 36.5 Å². The fourth-order valence-electron chi connectivity index (χ4n) is 5.05. The average molecular weight is 527 g/mol. The van der Waals surface area contributed by atoms with Crippen molar-refractivity contribution in [1.29, 1.82) is 0 Å². The fraction of sp³-hybridized carbons (Fsp3) is 0.483. The van der Waals surface area contributed by atoms with Crippen molar-refractivity contribution in [3.63, 3.8) is 0 Å². The summed E-state index contributed by atoms with van der Waals surface area (Å²) >= 11 is 0. The summed E-state index contributed by atoms with van der Waals surface area (Å²) in [6, 6.07) is 7.47. The first-order valence-electron chi connectivity index (χ1n) is 13.0. The van der Waals surface area contributed by atoms with Crippen LogP contribution in [0.1, 0.15) is 63.9 Å². The maximum absolute atomic E-state index is 16.5. The van der Waals surface area contributed by atoms with Crippen molar-refractivity contribution in [2.45, 2.75) is 65.3 Å². The van der Waals surface area contributed by atoms with Crippen LogP contribution in [0.3, 0.4) is 0 Å². The third-order valence-corrected chi connectivity index (χ3v) is 6.98. The Bertz CT molecular complexity index is 1380. The lowest BCUT2D eigenvalue weighted by Crippen LogP contribution is -2.37. The van der Waals surface area contributed by atoms with Gasteiger partial charge in [0.2, 0.25) is 0 Å². The highest BCUT2D eigenvalue weighted by molar-refractivity contribution is 6.05. The van der Waals surface area contributed by atoms with Crippen molar-refractivity contribution >= 4 is 22.9 Å². The van der Waals surface area contributed by atoms with Gasteiger partial charge in [0, 0.05) is 38.0 Å². The van der Waals surface area contributed by atoms with Crippen LogP contribution >= 0.6 is 0 Å². The zero-order valence-corrected chi connectivity index (χ0v) is 23.1. The number of carbonyl (C=O) groups excluding carboxylic acids is 2. The number of hydrogen-bond donors (Lipinski definition) is 0. The van der Waals surface area contributed by atoms with E-state index in [4.69, 9.17) is 4.74 Å². The summed E-state index contributed by atoms with van der Waals surface area (Å²) in [6.07, 6.45) is 1.21. The standard InChI is InChI=1S/C29H36F2N4O3/c1-8-35(18(2)3)26(36)23-15-20(30)9-10-21(23)22-13-19(14-25-24(22)16-32-33(25)7)29(31)11-12-34(17-29)27(37)38-28(4,5)6/h9-10,13-16,18H,8,11-12,17H2,1-7H3. The maximum atomic E-state index is 16.5. The highest BCUT2D eigenvalue weighted by atomic mass is 19.1. The van der Waals surface area contributed by atoms with Crippen molar-refractivity contribution in [1.82, 2.24) is 19.6 Å². The van der Waals surface area contributed by atoms with Gasteiger partial charge in [0.25, 0.3) is 5.91 Å². The van der Waals surface area contributed by atoms with Gasteiger partial charge in [-0.05, 0) is 82.5 Å². The molecule has 0 spiro atoms. The highest BCUT2D eigenvalue weighted by Gasteiger charge is 2.43. The molecule has 7 nitrogen and oxygen atoms in total. The fourth-order valence-corrected chi connectivity index (χ4v) is 5.05. The lowest BCUT2D eigenvalue weighted by Gasteiger charge is -2.27. The van der Waals surface area contributed by atoms with Gasteiger partial charge in [0.05, 0.1) is 23.8 Å². The molecule has 38 heavy (non-hydrogen) atoms. The molecule has 1 aliphatic heterocycles. The molecular weight excluding hydrogens is 490 g/mol. The third-order valence-electron chi connectivity index (χ3n) is 6.98. The summed E-state index contributed by atoms with van der Waals surface area (Å²) in [4.78, 5) is 29.2. The number of ether oxygens (including phenoxy) is 1. The average Bonchev–Trinajstić information content (AvgIpc) is 3.41. The van der Waals surface area contributed by atoms with Crippen LogP contribution in [0.4, 0.5) is 13.6 Å². The molecule has 1 aromatic heterocycles. The molecule has 0 radical (unpaired) electrons. The second kappa shape index (κ2) is 10.0. The van der Waals surface area contributed by atoms with Gasteiger partial charge >= 0.3 is 6.09 Å². The highest BCUT2D eigenvalue weighted by Crippen LogP contribution is 2.42. The molecule has 3 aromatic rings. The van der Waals surface area contributed by atoms with Gasteiger partial charge in [-0.2, -0.15) is 5.10 Å². The molecule has 2 heterocycles. The van der Waals surface area contributed by atoms with Crippen molar-refractivity contribution < 1.29 is 23.1 Å². The summed E-state index contributed by atoms with van der Waals surface area (Å²) in [5.74, 6) is -0.826. The smallest absolute Gasteiger partial charge is 0.410 e. The number of hydrogen-bond acceptors (Lipinski definition) is 4. The summed E-state index contributed by atoms with van der Waals surface area (Å²) in [5, 5.41) is 5.09. The predicted octanol–water partition coefficient (Wildman–Crippen LogP) is 6.06. The van der Waals surface area contributed by atoms with E-state index in [1.165, 1.54) is 17.0 Å². The van der Waals surface area contributed by atoms with Crippen molar-refractivity contribution in [3.8, 4) is 11.1 Å². The molecule has 1 atom stereocenters. The summed E-state index contributed by atoms with van der Waals surface area (Å²) in [7, 11) is 1.76. The normalized spacial score (nSPS) is 17.9. The molecule has 204 valence electrons. The van der Waals surface area contributed by atoms with E-state index in [0.29, 0.717) is 28.8 Å². The Morgan fingerprint density at radius 2 is 1.89 bits per heavy atom. The Kier molecular flexibility index (Phi) is 7.25. The minimum absolute atomic E-state index is 0.0835. The van der Waals surface area contributed by atoms with E-state index in [9.17, 15) is 14.0 Å². The monoisotopic (exact) mass is 526 g/mol. The van der Waals surface area contributed by atoms with E-state index in [-0.39, 0.29) is 37.0 Å². The van der Waals surface area contributed by atoms with Crippen LogP contribution in [-0.4, -0.2) is 62.9 Å².